The smallest absolute Gasteiger partial charge is 0.226 e. The first-order valence-electron chi connectivity index (χ1n) is 9.35. The van der Waals surface area contributed by atoms with Crippen LogP contribution in [0.5, 0.6) is 0 Å². The molecule has 0 unspecified atom stereocenters. The third kappa shape index (κ3) is 4.36. The molecule has 1 atom stereocenters. The second kappa shape index (κ2) is 8.20. The van der Waals surface area contributed by atoms with Crippen LogP contribution in [0, 0.1) is 11.3 Å². The molecule has 142 valence electrons. The van der Waals surface area contributed by atoms with E-state index in [1.165, 1.54) is 11.3 Å². The molecule has 1 saturated heterocycles. The van der Waals surface area contributed by atoms with Gasteiger partial charge in [0.1, 0.15) is 11.1 Å². The maximum absolute atomic E-state index is 12.5. The predicted molar refractivity (Wildman–Crippen MR) is 107 cm³/mol. The zero-order valence-electron chi connectivity index (χ0n) is 15.6. The highest BCUT2D eigenvalue weighted by Gasteiger charge is 2.33. The van der Waals surface area contributed by atoms with E-state index in [1.807, 2.05) is 0 Å². The fraction of sp³-hybridized carbons (Fsp3) is 0.684. The molecule has 1 N–H and O–H groups in total. The van der Waals surface area contributed by atoms with E-state index in [9.17, 15) is 14.3 Å². The second-order valence-corrected chi connectivity index (χ2v) is 10.4. The number of hydrogen-bond acceptors (Lipinski definition) is 5. The Balaban J connectivity index is 1.62. The van der Waals surface area contributed by atoms with Crippen molar-refractivity contribution in [3.8, 4) is 6.07 Å². The zero-order valence-corrected chi connectivity index (χ0v) is 17.2. The molecule has 3 rings (SSSR count). The number of nitriles is 1. The molecule has 2 heterocycles. The minimum absolute atomic E-state index is 0.0413. The fourth-order valence-electron chi connectivity index (χ4n) is 3.86. The van der Waals surface area contributed by atoms with Crippen molar-refractivity contribution in [3.63, 3.8) is 0 Å². The van der Waals surface area contributed by atoms with Gasteiger partial charge < -0.3 is 5.32 Å². The second-order valence-electron chi connectivity index (χ2n) is 7.77. The van der Waals surface area contributed by atoms with Gasteiger partial charge in [0.2, 0.25) is 5.91 Å². The number of amides is 1. The van der Waals surface area contributed by atoms with Crippen molar-refractivity contribution < 1.29 is 9.00 Å². The molecule has 0 saturated carbocycles. The maximum Gasteiger partial charge on any atom is 0.226 e. The Kier molecular flexibility index (Phi) is 6.16. The number of thiophene rings is 1. The van der Waals surface area contributed by atoms with Crippen LogP contribution in [0.2, 0.25) is 0 Å². The molecule has 0 aromatic carbocycles. The van der Waals surface area contributed by atoms with Crippen molar-refractivity contribution in [2.75, 3.05) is 29.9 Å². The van der Waals surface area contributed by atoms with Crippen LogP contribution >= 0.6 is 11.3 Å². The summed E-state index contributed by atoms with van der Waals surface area (Å²) in [6.45, 7) is 5.60. The molecule has 0 spiro atoms. The number of fused-ring (bicyclic) bond motifs is 1. The molecule has 0 radical (unpaired) electrons. The van der Waals surface area contributed by atoms with Crippen LogP contribution in [-0.4, -0.2) is 45.2 Å². The van der Waals surface area contributed by atoms with Crippen molar-refractivity contribution in [2.24, 2.45) is 0 Å². The zero-order chi connectivity index (χ0) is 18.7. The summed E-state index contributed by atoms with van der Waals surface area (Å²) < 4.78 is 11.8. The van der Waals surface area contributed by atoms with E-state index >= 15 is 0 Å². The lowest BCUT2D eigenvalue weighted by Crippen LogP contribution is -2.54. The third-order valence-corrected chi connectivity index (χ3v) is 8.23. The summed E-state index contributed by atoms with van der Waals surface area (Å²) in [5.74, 6) is 1.30. The molecule has 1 fully saturated rings. The topological polar surface area (TPSA) is 73.2 Å². The number of rotatable bonds is 4. The number of hydrogen-bond donors (Lipinski definition) is 1. The number of carbonyl (C=O) groups is 1. The lowest BCUT2D eigenvalue weighted by atomic mass is 10.0. The standard InChI is InChI=1S/C19H27N3O2S2/c1-19(2)13-26(24)11-10-22(19)9-8-17(23)21-18-15(12-20)14-6-4-3-5-7-16(14)25-18/h3-11,13H2,1-2H3,(H,21,23)/t26-/m0/s1. The van der Waals surface area contributed by atoms with Gasteiger partial charge in [-0.05, 0) is 45.1 Å². The number of nitrogens with zero attached hydrogens (tertiary/aromatic N) is 2. The quantitative estimate of drug-likeness (QED) is 0.798. The molecule has 1 aliphatic carbocycles. The Morgan fingerprint density at radius 1 is 1.35 bits per heavy atom. The summed E-state index contributed by atoms with van der Waals surface area (Å²) in [7, 11) is -0.755. The molecular weight excluding hydrogens is 366 g/mol. The Bertz CT molecular complexity index is 749. The van der Waals surface area contributed by atoms with Gasteiger partial charge in [-0.25, -0.2) is 0 Å². The van der Waals surface area contributed by atoms with Crippen LogP contribution < -0.4 is 5.32 Å². The summed E-state index contributed by atoms with van der Waals surface area (Å²) in [6, 6.07) is 2.31. The van der Waals surface area contributed by atoms with Gasteiger partial charge in [0.25, 0.3) is 0 Å². The van der Waals surface area contributed by atoms with Gasteiger partial charge in [0, 0.05) is 52.2 Å². The highest BCUT2D eigenvalue weighted by Crippen LogP contribution is 2.37. The molecule has 1 amide bonds. The summed E-state index contributed by atoms with van der Waals surface area (Å²) in [6.07, 6.45) is 5.86. The molecule has 7 heteroatoms. The maximum atomic E-state index is 12.5. The average molecular weight is 394 g/mol. The van der Waals surface area contributed by atoms with Crippen LogP contribution in [-0.2, 0) is 28.4 Å². The van der Waals surface area contributed by atoms with Crippen molar-refractivity contribution in [2.45, 2.75) is 57.9 Å². The average Bonchev–Trinajstić information content (AvgIpc) is 2.73. The Hall–Kier alpha value is -1.23. The molecular formula is C19H27N3O2S2. The number of nitrogens with one attached hydrogen (secondary N) is 1. The number of anilines is 1. The van der Waals surface area contributed by atoms with Crippen molar-refractivity contribution in [1.82, 2.24) is 4.90 Å². The molecule has 1 aromatic rings. The predicted octanol–water partition coefficient (Wildman–Crippen LogP) is 3.06. The molecule has 1 aromatic heterocycles. The number of carbonyl (C=O) groups excluding carboxylic acids is 1. The Morgan fingerprint density at radius 3 is 2.85 bits per heavy atom. The first-order chi connectivity index (χ1) is 12.4. The highest BCUT2D eigenvalue weighted by atomic mass is 32.2. The van der Waals surface area contributed by atoms with Gasteiger partial charge in [-0.2, -0.15) is 5.26 Å². The van der Waals surface area contributed by atoms with Gasteiger partial charge in [0.05, 0.1) is 5.56 Å². The molecule has 5 nitrogen and oxygen atoms in total. The van der Waals surface area contributed by atoms with Gasteiger partial charge >= 0.3 is 0 Å². The minimum atomic E-state index is -0.755. The monoisotopic (exact) mass is 393 g/mol. The van der Waals surface area contributed by atoms with Gasteiger partial charge in [-0.15, -0.1) is 11.3 Å². The largest absolute Gasteiger partial charge is 0.317 e. The summed E-state index contributed by atoms with van der Waals surface area (Å²) in [5.41, 5.74) is 1.69. The highest BCUT2D eigenvalue weighted by molar-refractivity contribution is 7.85. The SMILES string of the molecule is CC1(C)C[S@@](=O)CCN1CCC(=O)Nc1sc2c(c1C#N)CCCCC2. The fourth-order valence-corrected chi connectivity index (χ4v) is 6.66. The van der Waals surface area contributed by atoms with E-state index in [2.05, 4.69) is 30.1 Å². The van der Waals surface area contributed by atoms with Crippen molar-refractivity contribution in [1.29, 1.82) is 5.26 Å². The van der Waals surface area contributed by atoms with Crippen LogP contribution in [0.4, 0.5) is 5.00 Å². The molecule has 26 heavy (non-hydrogen) atoms. The van der Waals surface area contributed by atoms with E-state index in [4.69, 9.17) is 0 Å². The van der Waals surface area contributed by atoms with Crippen LogP contribution in [0.1, 0.15) is 55.5 Å². The van der Waals surface area contributed by atoms with E-state index in [-0.39, 0.29) is 11.4 Å². The lowest BCUT2D eigenvalue weighted by Gasteiger charge is -2.41. The Morgan fingerprint density at radius 2 is 2.12 bits per heavy atom. The van der Waals surface area contributed by atoms with Crippen LogP contribution in [0.25, 0.3) is 0 Å². The molecule has 0 bridgehead atoms. The first kappa shape index (κ1) is 19.5. The minimum Gasteiger partial charge on any atom is -0.317 e. The van der Waals surface area contributed by atoms with Crippen LogP contribution in [0.15, 0.2) is 0 Å². The number of aryl methyl sites for hydroxylation is 1. The van der Waals surface area contributed by atoms with Gasteiger partial charge in [-0.1, -0.05) is 6.42 Å². The third-order valence-electron chi connectivity index (χ3n) is 5.35. The van der Waals surface area contributed by atoms with E-state index in [1.54, 1.807) is 11.3 Å². The van der Waals surface area contributed by atoms with Crippen LogP contribution in [0.3, 0.4) is 0 Å². The van der Waals surface area contributed by atoms with Gasteiger partial charge in [0.15, 0.2) is 0 Å². The van der Waals surface area contributed by atoms with Crippen molar-refractivity contribution >= 4 is 33.0 Å². The molecule has 2 aliphatic rings. The summed E-state index contributed by atoms with van der Waals surface area (Å²) in [5, 5.41) is 13.3. The van der Waals surface area contributed by atoms with E-state index < -0.39 is 10.8 Å². The van der Waals surface area contributed by atoms with E-state index in [0.29, 0.717) is 30.0 Å². The normalized spacial score (nSPS) is 22.9. The van der Waals surface area contributed by atoms with Gasteiger partial charge in [-0.3, -0.25) is 13.9 Å². The molecule has 1 aliphatic heterocycles. The Labute approximate surface area is 162 Å². The van der Waals surface area contributed by atoms with E-state index in [0.717, 1.165) is 42.8 Å². The summed E-state index contributed by atoms with van der Waals surface area (Å²) in [4.78, 5) is 16.0. The lowest BCUT2D eigenvalue weighted by molar-refractivity contribution is -0.116. The summed E-state index contributed by atoms with van der Waals surface area (Å²) >= 11 is 1.58. The first-order valence-corrected chi connectivity index (χ1v) is 11.7. The van der Waals surface area contributed by atoms with Crippen molar-refractivity contribution in [3.05, 3.63) is 16.0 Å².